The molecular formula is C14H24N2O2S. The largest absolute Gasteiger partial charge is 0.309 e. The summed E-state index contributed by atoms with van der Waals surface area (Å²) in [7, 11) is -2.88. The van der Waals surface area contributed by atoms with Crippen molar-refractivity contribution in [1.29, 1.82) is 0 Å². The van der Waals surface area contributed by atoms with Crippen LogP contribution in [0.1, 0.15) is 42.6 Å². The Morgan fingerprint density at radius 2 is 2.05 bits per heavy atom. The zero-order valence-electron chi connectivity index (χ0n) is 12.2. The fourth-order valence-electron chi connectivity index (χ4n) is 2.22. The summed E-state index contributed by atoms with van der Waals surface area (Å²) in [5.74, 6) is 0.236. The third-order valence-electron chi connectivity index (χ3n) is 3.04. The highest BCUT2D eigenvalue weighted by atomic mass is 32.2. The van der Waals surface area contributed by atoms with Crippen LogP contribution in [0.3, 0.4) is 0 Å². The van der Waals surface area contributed by atoms with E-state index in [2.05, 4.69) is 23.3 Å². The topological polar surface area (TPSA) is 59.1 Å². The Labute approximate surface area is 116 Å². The quantitative estimate of drug-likeness (QED) is 0.833. The second-order valence-electron chi connectivity index (χ2n) is 5.10. The third kappa shape index (κ3) is 5.70. The van der Waals surface area contributed by atoms with Crippen molar-refractivity contribution in [2.75, 3.05) is 18.6 Å². The molecule has 0 bridgehead atoms. The van der Waals surface area contributed by atoms with E-state index in [4.69, 9.17) is 0 Å². The molecule has 1 unspecified atom stereocenters. The Morgan fingerprint density at radius 1 is 1.37 bits per heavy atom. The Morgan fingerprint density at radius 3 is 2.58 bits per heavy atom. The maximum atomic E-state index is 11.2. The number of hydrogen-bond donors (Lipinski definition) is 1. The van der Waals surface area contributed by atoms with Crippen LogP contribution in [0.5, 0.6) is 0 Å². The van der Waals surface area contributed by atoms with Gasteiger partial charge >= 0.3 is 0 Å². The van der Waals surface area contributed by atoms with Crippen molar-refractivity contribution in [3.05, 3.63) is 29.1 Å². The van der Waals surface area contributed by atoms with Gasteiger partial charge in [-0.05, 0) is 44.4 Å². The molecule has 0 amide bonds. The van der Waals surface area contributed by atoms with E-state index in [9.17, 15) is 8.42 Å². The smallest absolute Gasteiger partial charge is 0.147 e. The number of aromatic nitrogens is 1. The van der Waals surface area contributed by atoms with Crippen LogP contribution in [0.2, 0.25) is 0 Å². The van der Waals surface area contributed by atoms with Crippen LogP contribution in [-0.4, -0.2) is 32.0 Å². The normalized spacial score (nSPS) is 13.5. The van der Waals surface area contributed by atoms with Crippen LogP contribution < -0.4 is 5.32 Å². The van der Waals surface area contributed by atoms with Crippen molar-refractivity contribution in [2.45, 2.75) is 39.7 Å². The van der Waals surface area contributed by atoms with Gasteiger partial charge in [-0.3, -0.25) is 4.98 Å². The average Bonchev–Trinajstić information content (AvgIpc) is 2.26. The fourth-order valence-corrected chi connectivity index (χ4v) is 2.91. The van der Waals surface area contributed by atoms with Gasteiger partial charge in [0.05, 0.1) is 5.69 Å². The Kier molecular flexibility index (Phi) is 5.94. The van der Waals surface area contributed by atoms with E-state index in [0.717, 1.165) is 29.8 Å². The lowest BCUT2D eigenvalue weighted by molar-refractivity contribution is 0.494. The molecule has 0 aromatic carbocycles. The summed E-state index contributed by atoms with van der Waals surface area (Å²) in [6.45, 7) is 6.97. The Balaban J connectivity index is 2.76. The number of sulfone groups is 1. The maximum absolute atomic E-state index is 11.2. The minimum absolute atomic E-state index is 0.132. The van der Waals surface area contributed by atoms with Crippen molar-refractivity contribution in [2.24, 2.45) is 0 Å². The number of hydrogen-bond acceptors (Lipinski definition) is 4. The number of nitrogens with zero attached hydrogens (tertiary/aromatic N) is 1. The molecule has 0 aliphatic carbocycles. The molecule has 1 rings (SSSR count). The van der Waals surface area contributed by atoms with Gasteiger partial charge in [-0.15, -0.1) is 0 Å². The summed E-state index contributed by atoms with van der Waals surface area (Å²) in [6.07, 6.45) is 4.59. The molecule has 108 valence electrons. The van der Waals surface area contributed by atoms with Gasteiger partial charge < -0.3 is 5.32 Å². The van der Waals surface area contributed by atoms with Crippen molar-refractivity contribution >= 4 is 9.84 Å². The van der Waals surface area contributed by atoms with Gasteiger partial charge in [-0.1, -0.05) is 13.0 Å². The van der Waals surface area contributed by atoms with E-state index >= 15 is 0 Å². The molecule has 4 nitrogen and oxygen atoms in total. The molecule has 0 saturated heterocycles. The summed E-state index contributed by atoms with van der Waals surface area (Å²) in [5.41, 5.74) is 3.33. The van der Waals surface area contributed by atoms with Gasteiger partial charge in [0.15, 0.2) is 0 Å². The van der Waals surface area contributed by atoms with Crippen LogP contribution in [0.25, 0.3) is 0 Å². The standard InChI is InChI=1S/C14H24N2O2S/c1-5-15-13(7-6-8-19(4,17)18)14-12(3)9-11(2)10-16-14/h9-10,13,15H,5-8H2,1-4H3. The molecule has 0 fully saturated rings. The van der Waals surface area contributed by atoms with Crippen molar-refractivity contribution in [3.63, 3.8) is 0 Å². The van der Waals surface area contributed by atoms with Gasteiger partial charge in [0.25, 0.3) is 0 Å². The molecule has 1 aromatic rings. The minimum atomic E-state index is -2.88. The van der Waals surface area contributed by atoms with Crippen molar-refractivity contribution in [1.82, 2.24) is 10.3 Å². The number of pyridine rings is 1. The minimum Gasteiger partial charge on any atom is -0.309 e. The summed E-state index contributed by atoms with van der Waals surface area (Å²) < 4.78 is 22.4. The first-order valence-electron chi connectivity index (χ1n) is 6.67. The van der Waals surface area contributed by atoms with E-state index in [1.807, 2.05) is 20.0 Å². The molecule has 0 saturated carbocycles. The molecule has 19 heavy (non-hydrogen) atoms. The lowest BCUT2D eigenvalue weighted by atomic mass is 10.0. The first-order valence-corrected chi connectivity index (χ1v) is 8.73. The predicted molar refractivity (Wildman–Crippen MR) is 79.1 cm³/mol. The van der Waals surface area contributed by atoms with E-state index in [-0.39, 0.29) is 11.8 Å². The molecule has 1 heterocycles. The molecule has 1 atom stereocenters. The molecule has 1 N–H and O–H groups in total. The SMILES string of the molecule is CCNC(CCCS(C)(=O)=O)c1ncc(C)cc1C. The van der Waals surface area contributed by atoms with Gasteiger partial charge in [0.2, 0.25) is 0 Å². The van der Waals surface area contributed by atoms with Crippen LogP contribution in [0.15, 0.2) is 12.3 Å². The molecule has 0 spiro atoms. The monoisotopic (exact) mass is 284 g/mol. The van der Waals surface area contributed by atoms with Crippen molar-refractivity contribution in [3.8, 4) is 0 Å². The summed E-state index contributed by atoms with van der Waals surface area (Å²) in [4.78, 5) is 4.50. The van der Waals surface area contributed by atoms with Gasteiger partial charge in [-0.25, -0.2) is 8.42 Å². The lowest BCUT2D eigenvalue weighted by Crippen LogP contribution is -2.23. The summed E-state index contributed by atoms with van der Waals surface area (Å²) in [6, 6.07) is 2.25. The number of nitrogens with one attached hydrogen (secondary N) is 1. The molecule has 0 radical (unpaired) electrons. The molecular weight excluding hydrogens is 260 g/mol. The highest BCUT2D eigenvalue weighted by Crippen LogP contribution is 2.20. The third-order valence-corrected chi connectivity index (χ3v) is 4.07. The first-order chi connectivity index (χ1) is 8.83. The van der Waals surface area contributed by atoms with E-state index in [1.54, 1.807) is 0 Å². The highest BCUT2D eigenvalue weighted by Gasteiger charge is 2.15. The Hall–Kier alpha value is -0.940. The molecule has 1 aromatic heterocycles. The second kappa shape index (κ2) is 7.01. The van der Waals surface area contributed by atoms with Gasteiger partial charge in [0.1, 0.15) is 9.84 Å². The second-order valence-corrected chi connectivity index (χ2v) is 7.36. The van der Waals surface area contributed by atoms with Crippen LogP contribution in [0.4, 0.5) is 0 Å². The summed E-state index contributed by atoms with van der Waals surface area (Å²) >= 11 is 0. The van der Waals surface area contributed by atoms with Crippen LogP contribution >= 0.6 is 0 Å². The van der Waals surface area contributed by atoms with E-state index in [0.29, 0.717) is 6.42 Å². The average molecular weight is 284 g/mol. The summed E-state index contributed by atoms with van der Waals surface area (Å²) in [5, 5.41) is 3.39. The Bertz CT molecular complexity index is 512. The maximum Gasteiger partial charge on any atom is 0.147 e. The fraction of sp³-hybridized carbons (Fsp3) is 0.643. The van der Waals surface area contributed by atoms with Gasteiger partial charge in [0, 0.05) is 24.2 Å². The zero-order valence-corrected chi connectivity index (χ0v) is 13.0. The van der Waals surface area contributed by atoms with Crippen LogP contribution in [0, 0.1) is 13.8 Å². The predicted octanol–water partition coefficient (Wildman–Crippen LogP) is 2.17. The van der Waals surface area contributed by atoms with Crippen molar-refractivity contribution < 1.29 is 8.42 Å². The molecule has 5 heteroatoms. The highest BCUT2D eigenvalue weighted by molar-refractivity contribution is 7.90. The van der Waals surface area contributed by atoms with E-state index in [1.165, 1.54) is 6.26 Å². The van der Waals surface area contributed by atoms with E-state index < -0.39 is 9.84 Å². The molecule has 0 aliphatic rings. The van der Waals surface area contributed by atoms with Crippen LogP contribution in [-0.2, 0) is 9.84 Å². The number of rotatable bonds is 7. The van der Waals surface area contributed by atoms with Gasteiger partial charge in [-0.2, -0.15) is 0 Å². The zero-order chi connectivity index (χ0) is 14.5. The number of aryl methyl sites for hydroxylation is 2. The lowest BCUT2D eigenvalue weighted by Gasteiger charge is -2.19. The first kappa shape index (κ1) is 16.1. The molecule has 0 aliphatic heterocycles.